The number of anilines is 1. The minimum atomic E-state index is -1.64. The van der Waals surface area contributed by atoms with Crippen LogP contribution in [0.25, 0.3) is 0 Å². The van der Waals surface area contributed by atoms with E-state index in [0.717, 1.165) is 10.0 Å². The van der Waals surface area contributed by atoms with Gasteiger partial charge in [0.25, 0.3) is 11.8 Å². The van der Waals surface area contributed by atoms with Crippen LogP contribution in [0.2, 0.25) is 0 Å². The molecule has 0 aromatic heterocycles. The predicted octanol–water partition coefficient (Wildman–Crippen LogP) is 4.63. The van der Waals surface area contributed by atoms with Crippen LogP contribution in [-0.4, -0.2) is 26.5 Å². The van der Waals surface area contributed by atoms with Crippen molar-refractivity contribution in [1.82, 2.24) is 5.01 Å². The van der Waals surface area contributed by atoms with Crippen LogP contribution >= 0.6 is 34.8 Å². The standard InChI is InChI=1S/C19H15Cl3N2O3/c1-12(11-19(20,21)22)16(25)23(13-7-3-2-4-8-13)24-17(26)14-9-5-6-10-15(14)18(24)27/h2-10,12H,11H2,1H3. The second kappa shape index (κ2) is 7.50. The fourth-order valence-electron chi connectivity index (χ4n) is 2.91. The Kier molecular flexibility index (Phi) is 5.47. The lowest BCUT2D eigenvalue weighted by atomic mass is 10.1. The van der Waals surface area contributed by atoms with Crippen molar-refractivity contribution in [2.45, 2.75) is 17.1 Å². The molecule has 5 nitrogen and oxygen atoms in total. The van der Waals surface area contributed by atoms with Gasteiger partial charge in [-0.25, -0.2) is 5.01 Å². The molecule has 140 valence electrons. The van der Waals surface area contributed by atoms with Crippen LogP contribution in [0, 0.1) is 5.92 Å². The summed E-state index contributed by atoms with van der Waals surface area (Å²) in [6.45, 7) is 1.58. The van der Waals surface area contributed by atoms with E-state index in [1.54, 1.807) is 61.5 Å². The van der Waals surface area contributed by atoms with Gasteiger partial charge in [0.1, 0.15) is 0 Å². The number of hydrogen-bond acceptors (Lipinski definition) is 3. The molecular weight excluding hydrogens is 411 g/mol. The van der Waals surface area contributed by atoms with Crippen molar-refractivity contribution in [1.29, 1.82) is 0 Å². The minimum absolute atomic E-state index is 0.0665. The lowest BCUT2D eigenvalue weighted by Gasteiger charge is -2.32. The molecule has 1 aliphatic rings. The first-order valence-electron chi connectivity index (χ1n) is 8.14. The van der Waals surface area contributed by atoms with Crippen LogP contribution in [0.1, 0.15) is 34.1 Å². The highest BCUT2D eigenvalue weighted by atomic mass is 35.6. The number of alkyl halides is 3. The van der Waals surface area contributed by atoms with Gasteiger partial charge in [-0.05, 0) is 24.3 Å². The van der Waals surface area contributed by atoms with Crippen molar-refractivity contribution < 1.29 is 14.4 Å². The lowest BCUT2D eigenvalue weighted by Crippen LogP contribution is -2.52. The van der Waals surface area contributed by atoms with Crippen molar-refractivity contribution in [3.05, 3.63) is 65.7 Å². The van der Waals surface area contributed by atoms with Gasteiger partial charge in [0, 0.05) is 12.3 Å². The highest BCUT2D eigenvalue weighted by molar-refractivity contribution is 6.67. The average molecular weight is 426 g/mol. The molecule has 0 N–H and O–H groups in total. The SMILES string of the molecule is CC(CC(Cl)(Cl)Cl)C(=O)N(c1ccccc1)N1C(=O)c2ccccc2C1=O. The van der Waals surface area contributed by atoms with E-state index in [9.17, 15) is 14.4 Å². The maximum absolute atomic E-state index is 13.2. The maximum atomic E-state index is 13.2. The Morgan fingerprint density at radius 3 is 1.93 bits per heavy atom. The molecule has 1 atom stereocenters. The van der Waals surface area contributed by atoms with E-state index in [1.807, 2.05) is 0 Å². The predicted molar refractivity (Wildman–Crippen MR) is 105 cm³/mol. The largest absolute Gasteiger partial charge is 0.281 e. The normalized spacial score (nSPS) is 14.9. The van der Waals surface area contributed by atoms with Gasteiger partial charge in [-0.1, -0.05) is 72.1 Å². The minimum Gasteiger partial charge on any atom is -0.272 e. The number of para-hydroxylation sites is 1. The molecule has 0 fully saturated rings. The van der Waals surface area contributed by atoms with Crippen LogP contribution in [0.15, 0.2) is 54.6 Å². The highest BCUT2D eigenvalue weighted by Crippen LogP contribution is 2.35. The summed E-state index contributed by atoms with van der Waals surface area (Å²) in [5, 5.41) is 1.91. The molecule has 0 aliphatic carbocycles. The van der Waals surface area contributed by atoms with E-state index in [0.29, 0.717) is 5.69 Å². The number of rotatable bonds is 4. The van der Waals surface area contributed by atoms with Gasteiger partial charge in [-0.3, -0.25) is 14.4 Å². The number of hydrazine groups is 1. The van der Waals surface area contributed by atoms with E-state index in [2.05, 4.69) is 0 Å². The molecule has 8 heteroatoms. The number of benzene rings is 2. The molecule has 0 spiro atoms. The van der Waals surface area contributed by atoms with Crippen LogP contribution in [-0.2, 0) is 4.79 Å². The Hall–Kier alpha value is -2.08. The first kappa shape index (κ1) is 19.7. The molecular formula is C19H15Cl3N2O3. The smallest absolute Gasteiger partial charge is 0.272 e. The summed E-state index contributed by atoms with van der Waals surface area (Å²) in [4.78, 5) is 38.9. The highest BCUT2D eigenvalue weighted by Gasteiger charge is 2.43. The van der Waals surface area contributed by atoms with Gasteiger partial charge in [-0.15, -0.1) is 0 Å². The quantitative estimate of drug-likeness (QED) is 0.530. The molecule has 27 heavy (non-hydrogen) atoms. The fourth-order valence-corrected chi connectivity index (χ4v) is 3.61. The fraction of sp³-hybridized carbons (Fsp3) is 0.211. The van der Waals surface area contributed by atoms with Crippen LogP contribution in [0.3, 0.4) is 0 Å². The number of fused-ring (bicyclic) bond motifs is 1. The molecule has 0 radical (unpaired) electrons. The summed E-state index contributed by atoms with van der Waals surface area (Å²) in [5.74, 6) is -2.42. The maximum Gasteiger partial charge on any atom is 0.281 e. The second-order valence-electron chi connectivity index (χ2n) is 6.17. The van der Waals surface area contributed by atoms with Gasteiger partial charge in [0.05, 0.1) is 16.8 Å². The zero-order valence-electron chi connectivity index (χ0n) is 14.2. The number of hydrogen-bond donors (Lipinski definition) is 0. The number of halogens is 3. The number of carbonyl (C=O) groups is 3. The molecule has 0 saturated heterocycles. The molecule has 1 aliphatic heterocycles. The Bertz CT molecular complexity index is 862. The van der Waals surface area contributed by atoms with Crippen molar-refractivity contribution in [2.75, 3.05) is 5.01 Å². The van der Waals surface area contributed by atoms with Gasteiger partial charge < -0.3 is 0 Å². The number of amides is 3. The molecule has 1 unspecified atom stereocenters. The third kappa shape index (κ3) is 3.95. The monoisotopic (exact) mass is 424 g/mol. The van der Waals surface area contributed by atoms with Gasteiger partial charge in [0.2, 0.25) is 5.91 Å². The summed E-state index contributed by atoms with van der Waals surface area (Å²) in [6.07, 6.45) is -0.0665. The number of imide groups is 1. The Labute approximate surface area is 171 Å². The summed E-state index contributed by atoms with van der Waals surface area (Å²) in [5.41, 5.74) is 0.851. The third-order valence-electron chi connectivity index (χ3n) is 4.14. The van der Waals surface area contributed by atoms with Crippen molar-refractivity contribution in [3.63, 3.8) is 0 Å². The van der Waals surface area contributed by atoms with Crippen LogP contribution < -0.4 is 5.01 Å². The molecule has 2 aromatic rings. The summed E-state index contributed by atoms with van der Waals surface area (Å²) >= 11 is 17.5. The molecule has 0 saturated carbocycles. The van der Waals surface area contributed by atoms with E-state index in [4.69, 9.17) is 34.8 Å². The number of nitrogens with zero attached hydrogens (tertiary/aromatic N) is 2. The van der Waals surface area contributed by atoms with Crippen molar-refractivity contribution in [2.24, 2.45) is 5.92 Å². The summed E-state index contributed by atoms with van der Waals surface area (Å²) in [6, 6.07) is 14.8. The average Bonchev–Trinajstić information content (AvgIpc) is 2.87. The summed E-state index contributed by atoms with van der Waals surface area (Å²) in [7, 11) is 0. The van der Waals surface area contributed by atoms with Gasteiger partial charge in [-0.2, -0.15) is 5.01 Å². The van der Waals surface area contributed by atoms with Crippen molar-refractivity contribution >= 4 is 58.2 Å². The molecule has 1 heterocycles. The van der Waals surface area contributed by atoms with Gasteiger partial charge in [0.15, 0.2) is 3.79 Å². The van der Waals surface area contributed by atoms with Crippen molar-refractivity contribution in [3.8, 4) is 0 Å². The first-order chi connectivity index (χ1) is 12.7. The number of carbonyl (C=O) groups excluding carboxylic acids is 3. The van der Waals surface area contributed by atoms with E-state index in [1.165, 1.54) is 0 Å². The van der Waals surface area contributed by atoms with Crippen LogP contribution in [0.5, 0.6) is 0 Å². The lowest BCUT2D eigenvalue weighted by molar-refractivity contribution is -0.124. The van der Waals surface area contributed by atoms with E-state index in [-0.39, 0.29) is 17.5 Å². The molecule has 2 aromatic carbocycles. The van der Waals surface area contributed by atoms with E-state index >= 15 is 0 Å². The first-order valence-corrected chi connectivity index (χ1v) is 9.27. The van der Waals surface area contributed by atoms with Gasteiger partial charge >= 0.3 is 0 Å². The third-order valence-corrected chi connectivity index (χ3v) is 4.60. The zero-order chi connectivity index (χ0) is 19.8. The molecule has 3 amide bonds. The molecule has 0 bridgehead atoms. The second-order valence-corrected chi connectivity index (χ2v) is 8.69. The Balaban J connectivity index is 2.03. The Morgan fingerprint density at radius 1 is 0.963 bits per heavy atom. The zero-order valence-corrected chi connectivity index (χ0v) is 16.5. The van der Waals surface area contributed by atoms with E-state index < -0.39 is 27.4 Å². The Morgan fingerprint density at radius 2 is 1.44 bits per heavy atom. The van der Waals surface area contributed by atoms with Crippen LogP contribution in [0.4, 0.5) is 5.69 Å². The summed E-state index contributed by atoms with van der Waals surface area (Å²) < 4.78 is -1.64. The topological polar surface area (TPSA) is 57.7 Å². The molecule has 3 rings (SSSR count).